The van der Waals surface area contributed by atoms with Crippen LogP contribution in [0.3, 0.4) is 0 Å². The van der Waals surface area contributed by atoms with Crippen LogP contribution in [0.1, 0.15) is 17.1 Å². The third-order valence-corrected chi connectivity index (χ3v) is 6.18. The van der Waals surface area contributed by atoms with Gasteiger partial charge in [0.15, 0.2) is 5.11 Å². The van der Waals surface area contributed by atoms with Crippen LogP contribution < -0.4 is 11.2 Å². The number of nitrogens with two attached hydrogens (primary N) is 1. The smallest absolute Gasteiger partial charge is 0.243 e. The van der Waals surface area contributed by atoms with E-state index in [2.05, 4.69) is 22.7 Å². The van der Waals surface area contributed by atoms with E-state index in [1.165, 1.54) is 22.7 Å². The van der Waals surface area contributed by atoms with Crippen LogP contribution in [0.15, 0.2) is 81.1 Å². The highest BCUT2D eigenvalue weighted by Gasteiger charge is 2.26. The van der Waals surface area contributed by atoms with E-state index in [1.54, 1.807) is 24.3 Å². The van der Waals surface area contributed by atoms with E-state index in [0.29, 0.717) is 16.5 Å². The maximum absolute atomic E-state index is 13.3. The van der Waals surface area contributed by atoms with Crippen molar-refractivity contribution in [2.75, 3.05) is 0 Å². The van der Waals surface area contributed by atoms with Gasteiger partial charge in [-0.1, -0.05) is 41.9 Å². The molecule has 0 spiro atoms. The van der Waals surface area contributed by atoms with E-state index in [9.17, 15) is 8.42 Å². The SMILES string of the molecule is NC(=S)N/N=C\c1ccc(CN(Cc2ccccc2)S(=O)(=O)c2ccc(Cl)cc2)o1. The zero-order valence-electron chi connectivity index (χ0n) is 15.7. The highest BCUT2D eigenvalue weighted by molar-refractivity contribution is 7.89. The predicted molar refractivity (Wildman–Crippen MR) is 121 cm³/mol. The van der Waals surface area contributed by atoms with Crippen LogP contribution in [0.2, 0.25) is 5.02 Å². The van der Waals surface area contributed by atoms with Gasteiger partial charge in [-0.15, -0.1) is 0 Å². The topological polar surface area (TPSA) is 101 Å². The van der Waals surface area contributed by atoms with E-state index in [4.69, 9.17) is 21.8 Å². The van der Waals surface area contributed by atoms with Crippen molar-refractivity contribution in [3.8, 4) is 0 Å². The van der Waals surface area contributed by atoms with Gasteiger partial charge in [-0.3, -0.25) is 5.43 Å². The van der Waals surface area contributed by atoms with E-state index < -0.39 is 10.0 Å². The van der Waals surface area contributed by atoms with Crippen LogP contribution in [0.5, 0.6) is 0 Å². The van der Waals surface area contributed by atoms with Gasteiger partial charge >= 0.3 is 0 Å². The van der Waals surface area contributed by atoms with Gasteiger partial charge in [-0.25, -0.2) is 8.42 Å². The Morgan fingerprint density at radius 2 is 1.80 bits per heavy atom. The minimum atomic E-state index is -3.80. The van der Waals surface area contributed by atoms with Crippen molar-refractivity contribution in [3.63, 3.8) is 0 Å². The summed E-state index contributed by atoms with van der Waals surface area (Å²) in [6.07, 6.45) is 1.40. The second-order valence-electron chi connectivity index (χ2n) is 6.25. The first kappa shape index (κ1) is 22.0. The molecule has 3 rings (SSSR count). The van der Waals surface area contributed by atoms with Gasteiger partial charge in [-0.2, -0.15) is 9.41 Å². The first-order valence-electron chi connectivity index (χ1n) is 8.81. The number of furan rings is 1. The summed E-state index contributed by atoms with van der Waals surface area (Å²) in [5.41, 5.74) is 8.59. The Labute approximate surface area is 185 Å². The number of rotatable bonds is 8. The largest absolute Gasteiger partial charge is 0.459 e. The first-order valence-corrected chi connectivity index (χ1v) is 11.0. The molecule has 30 heavy (non-hydrogen) atoms. The molecule has 0 aliphatic heterocycles. The number of hydrogen-bond donors (Lipinski definition) is 2. The molecule has 10 heteroatoms. The molecule has 3 aromatic rings. The summed E-state index contributed by atoms with van der Waals surface area (Å²) in [6, 6.07) is 18.8. The Balaban J connectivity index is 1.86. The molecule has 156 valence electrons. The lowest BCUT2D eigenvalue weighted by molar-refractivity contribution is 0.357. The second-order valence-corrected chi connectivity index (χ2v) is 9.07. The van der Waals surface area contributed by atoms with Gasteiger partial charge in [0, 0.05) is 11.6 Å². The molecule has 7 nitrogen and oxygen atoms in total. The molecule has 1 heterocycles. The third-order valence-electron chi connectivity index (χ3n) is 4.03. The molecule has 0 bridgehead atoms. The summed E-state index contributed by atoms with van der Waals surface area (Å²) in [5, 5.41) is 4.32. The highest BCUT2D eigenvalue weighted by Crippen LogP contribution is 2.23. The fourth-order valence-corrected chi connectivity index (χ4v) is 4.22. The maximum Gasteiger partial charge on any atom is 0.243 e. The van der Waals surface area contributed by atoms with Crippen molar-refractivity contribution in [1.82, 2.24) is 9.73 Å². The molecule has 0 fully saturated rings. The van der Waals surface area contributed by atoms with Crippen molar-refractivity contribution >= 4 is 45.2 Å². The highest BCUT2D eigenvalue weighted by atomic mass is 35.5. The number of nitrogens with one attached hydrogen (secondary N) is 1. The molecule has 0 atom stereocenters. The van der Waals surface area contributed by atoms with E-state index in [1.807, 2.05) is 30.3 Å². The predicted octanol–water partition coefficient (Wildman–Crippen LogP) is 3.49. The van der Waals surface area contributed by atoms with Crippen molar-refractivity contribution in [3.05, 3.63) is 88.8 Å². The van der Waals surface area contributed by atoms with Crippen LogP contribution in [0, 0.1) is 0 Å². The number of sulfonamides is 1. The second kappa shape index (κ2) is 9.86. The monoisotopic (exact) mass is 462 g/mol. The molecule has 0 aliphatic carbocycles. The number of hydrazone groups is 1. The third kappa shape index (κ3) is 5.90. The van der Waals surface area contributed by atoms with E-state index >= 15 is 0 Å². The van der Waals surface area contributed by atoms with Gasteiger partial charge in [-0.05, 0) is 54.2 Å². The minimum Gasteiger partial charge on any atom is -0.459 e. The van der Waals surface area contributed by atoms with Gasteiger partial charge in [0.1, 0.15) is 11.5 Å². The molecule has 1 aromatic heterocycles. The van der Waals surface area contributed by atoms with Gasteiger partial charge in [0.2, 0.25) is 10.0 Å². The number of benzene rings is 2. The average Bonchev–Trinajstić information content (AvgIpc) is 3.16. The Bertz CT molecular complexity index is 1130. The molecule has 2 aromatic carbocycles. The summed E-state index contributed by atoms with van der Waals surface area (Å²) in [5.74, 6) is 0.887. The van der Waals surface area contributed by atoms with Gasteiger partial charge in [0.25, 0.3) is 0 Å². The molecule has 3 N–H and O–H groups in total. The Hall–Kier alpha value is -2.72. The zero-order chi connectivity index (χ0) is 21.6. The van der Waals surface area contributed by atoms with Gasteiger partial charge < -0.3 is 10.2 Å². The minimum absolute atomic E-state index is 0.0288. The van der Waals surface area contributed by atoms with Crippen LogP contribution in [-0.2, 0) is 23.1 Å². The van der Waals surface area contributed by atoms with Gasteiger partial charge in [0.05, 0.1) is 17.7 Å². The molecule has 0 amide bonds. The normalized spacial score (nSPS) is 11.8. The zero-order valence-corrected chi connectivity index (χ0v) is 18.1. The lowest BCUT2D eigenvalue weighted by Gasteiger charge is -2.21. The van der Waals surface area contributed by atoms with Crippen molar-refractivity contribution < 1.29 is 12.8 Å². The molecule has 0 unspecified atom stereocenters. The molecular weight excluding hydrogens is 444 g/mol. The standard InChI is InChI=1S/C20H19ClN4O3S2/c21-16-6-10-19(11-7-16)30(26,27)25(13-15-4-2-1-3-5-15)14-18-9-8-17(28-18)12-23-24-20(22)29/h1-12H,13-14H2,(H3,22,24,29)/b23-12-. The van der Waals surface area contributed by atoms with Crippen molar-refractivity contribution in [1.29, 1.82) is 0 Å². The molecule has 0 saturated carbocycles. The van der Waals surface area contributed by atoms with E-state index in [0.717, 1.165) is 5.56 Å². The fourth-order valence-electron chi connectivity index (χ4n) is 2.65. The number of nitrogens with zero attached hydrogens (tertiary/aromatic N) is 2. The van der Waals surface area contributed by atoms with Crippen molar-refractivity contribution in [2.45, 2.75) is 18.0 Å². The Kier molecular flexibility index (Phi) is 7.22. The molecule has 0 aliphatic rings. The summed E-state index contributed by atoms with van der Waals surface area (Å²) in [4.78, 5) is 0.150. The first-order chi connectivity index (χ1) is 14.3. The molecular formula is C20H19ClN4O3S2. The van der Waals surface area contributed by atoms with Crippen LogP contribution in [0.25, 0.3) is 0 Å². The van der Waals surface area contributed by atoms with E-state index in [-0.39, 0.29) is 23.1 Å². The van der Waals surface area contributed by atoms with Crippen LogP contribution in [-0.4, -0.2) is 24.1 Å². The lowest BCUT2D eigenvalue weighted by Crippen LogP contribution is -2.30. The Morgan fingerprint density at radius 3 is 2.47 bits per heavy atom. The number of thiocarbonyl (C=S) groups is 1. The average molecular weight is 463 g/mol. The summed E-state index contributed by atoms with van der Waals surface area (Å²) in [7, 11) is -3.80. The summed E-state index contributed by atoms with van der Waals surface area (Å²) >= 11 is 10.6. The summed E-state index contributed by atoms with van der Waals surface area (Å²) in [6.45, 7) is 0.218. The lowest BCUT2D eigenvalue weighted by atomic mass is 10.2. The summed E-state index contributed by atoms with van der Waals surface area (Å²) < 4.78 is 33.6. The molecule has 0 saturated heterocycles. The molecule has 0 radical (unpaired) electrons. The number of hydrogen-bond acceptors (Lipinski definition) is 5. The van der Waals surface area contributed by atoms with Crippen molar-refractivity contribution in [2.24, 2.45) is 10.8 Å². The maximum atomic E-state index is 13.3. The van der Waals surface area contributed by atoms with Crippen LogP contribution in [0.4, 0.5) is 0 Å². The van der Waals surface area contributed by atoms with Crippen LogP contribution >= 0.6 is 23.8 Å². The Morgan fingerprint density at radius 1 is 1.10 bits per heavy atom. The fraction of sp³-hybridized carbons (Fsp3) is 0.100. The number of halogens is 1. The quantitative estimate of drug-likeness (QED) is 0.302.